The molecule has 0 amide bonds. The number of pyridine rings is 1. The molecule has 0 fully saturated rings. The minimum atomic E-state index is -0.599. The van der Waals surface area contributed by atoms with Crippen molar-refractivity contribution in [3.8, 4) is 0 Å². The summed E-state index contributed by atoms with van der Waals surface area (Å²) in [5.74, 6) is 0. The molecule has 2 radical (unpaired) electrons. The first-order chi connectivity index (χ1) is 8.47. The number of anilines is 1. The molecule has 0 aliphatic heterocycles. The zero-order chi connectivity index (χ0) is 13.4. The largest absolute Gasteiger partial charge is 0.378 e. The molecule has 0 saturated carbocycles. The number of aromatic nitrogens is 1. The van der Waals surface area contributed by atoms with Crippen molar-refractivity contribution in [3.63, 3.8) is 0 Å². The lowest BCUT2D eigenvalue weighted by molar-refractivity contribution is 0.112. The molecule has 1 heterocycles. The molecule has 6 heteroatoms. The van der Waals surface area contributed by atoms with E-state index < -0.39 is 5.56 Å². The van der Waals surface area contributed by atoms with Gasteiger partial charge in [-0.3, -0.25) is 9.59 Å². The van der Waals surface area contributed by atoms with E-state index in [0.717, 1.165) is 10.2 Å². The first kappa shape index (κ1) is 12.7. The Morgan fingerprint density at radius 3 is 2.61 bits per heavy atom. The van der Waals surface area contributed by atoms with Crippen molar-refractivity contribution in [2.75, 3.05) is 19.0 Å². The number of aldehydes is 1. The van der Waals surface area contributed by atoms with E-state index in [2.05, 4.69) is 0 Å². The highest BCUT2D eigenvalue weighted by atomic mass is 35.5. The fourth-order valence-corrected chi connectivity index (χ4v) is 2.05. The van der Waals surface area contributed by atoms with Crippen molar-refractivity contribution in [2.24, 2.45) is 0 Å². The Morgan fingerprint density at radius 2 is 2.06 bits per heavy atom. The lowest BCUT2D eigenvalue weighted by Crippen LogP contribution is -2.23. The summed E-state index contributed by atoms with van der Waals surface area (Å²) in [6.45, 7) is 0. The smallest absolute Gasteiger partial charge is 0.250 e. The maximum Gasteiger partial charge on any atom is 0.250 e. The van der Waals surface area contributed by atoms with Gasteiger partial charge in [-0.1, -0.05) is 11.6 Å². The van der Waals surface area contributed by atoms with Crippen LogP contribution in [0.2, 0.25) is 5.02 Å². The summed E-state index contributed by atoms with van der Waals surface area (Å²) < 4.78 is 0.942. The van der Waals surface area contributed by atoms with E-state index >= 15 is 0 Å². The van der Waals surface area contributed by atoms with Crippen LogP contribution in [0.15, 0.2) is 23.0 Å². The fraction of sp³-hybridized carbons (Fsp3) is 0.167. The van der Waals surface area contributed by atoms with Gasteiger partial charge in [-0.25, -0.2) is 0 Å². The molecule has 4 nitrogen and oxygen atoms in total. The van der Waals surface area contributed by atoms with Crippen LogP contribution in [0, 0.1) is 0 Å². The first-order valence-corrected chi connectivity index (χ1v) is 5.61. The first-order valence-electron chi connectivity index (χ1n) is 5.23. The number of rotatable bonds is 2. The van der Waals surface area contributed by atoms with Gasteiger partial charge in [0.05, 0.1) is 10.6 Å². The molecular weight excluding hydrogens is 250 g/mol. The van der Waals surface area contributed by atoms with E-state index in [4.69, 9.17) is 19.6 Å². The number of carbonyl (C=O) groups is 1. The summed E-state index contributed by atoms with van der Waals surface area (Å²) in [4.78, 5) is 24.6. The van der Waals surface area contributed by atoms with Crippen LogP contribution >= 0.6 is 11.6 Å². The van der Waals surface area contributed by atoms with Crippen LogP contribution in [0.25, 0.3) is 10.9 Å². The van der Waals surface area contributed by atoms with Crippen LogP contribution in [0.4, 0.5) is 5.69 Å². The third-order valence-electron chi connectivity index (χ3n) is 2.80. The SMILES string of the molecule is [B]n1c(=O)c(C=O)c(Cl)c2ccc(N(C)C)cc21. The Labute approximate surface area is 110 Å². The Hall–Kier alpha value is -1.75. The minimum absolute atomic E-state index is 0.121. The highest BCUT2D eigenvalue weighted by Gasteiger charge is 2.13. The molecule has 0 bridgehead atoms. The fourth-order valence-electron chi connectivity index (χ4n) is 1.76. The second kappa shape index (κ2) is 4.50. The van der Waals surface area contributed by atoms with E-state index in [1.165, 1.54) is 0 Å². The van der Waals surface area contributed by atoms with Crippen LogP contribution in [0.1, 0.15) is 10.4 Å². The van der Waals surface area contributed by atoms with Gasteiger partial charge < -0.3 is 9.38 Å². The predicted octanol–water partition coefficient (Wildman–Crippen LogP) is 1.47. The highest BCUT2D eigenvalue weighted by Crippen LogP contribution is 2.26. The maximum atomic E-state index is 11.8. The van der Waals surface area contributed by atoms with Gasteiger partial charge in [-0.15, -0.1) is 0 Å². The van der Waals surface area contributed by atoms with Crippen molar-refractivity contribution in [1.82, 2.24) is 4.48 Å². The lowest BCUT2D eigenvalue weighted by atomic mass is 10.1. The molecular formula is C12H10BClN2O2. The van der Waals surface area contributed by atoms with Gasteiger partial charge in [0.25, 0.3) is 0 Å². The maximum absolute atomic E-state index is 11.8. The molecule has 0 atom stereocenters. The van der Waals surface area contributed by atoms with Gasteiger partial charge in [0, 0.05) is 30.7 Å². The van der Waals surface area contributed by atoms with Crippen LogP contribution < -0.4 is 10.5 Å². The number of halogens is 1. The third kappa shape index (κ3) is 1.80. The molecule has 0 unspecified atom stereocenters. The Balaban J connectivity index is 2.94. The van der Waals surface area contributed by atoms with E-state index in [0.29, 0.717) is 17.2 Å². The second-order valence-corrected chi connectivity index (χ2v) is 4.49. The van der Waals surface area contributed by atoms with Gasteiger partial charge in [0.1, 0.15) is 0 Å². The quantitative estimate of drug-likeness (QED) is 0.606. The second-order valence-electron chi connectivity index (χ2n) is 4.12. The van der Waals surface area contributed by atoms with Gasteiger partial charge in [-0.2, -0.15) is 0 Å². The summed E-state index contributed by atoms with van der Waals surface area (Å²) >= 11 is 6.04. The Kier molecular flexibility index (Phi) is 3.17. The van der Waals surface area contributed by atoms with Crippen molar-refractivity contribution in [1.29, 1.82) is 0 Å². The topological polar surface area (TPSA) is 42.3 Å². The molecule has 2 aromatic rings. The summed E-state index contributed by atoms with van der Waals surface area (Å²) in [5, 5.41) is 0.712. The number of hydrogen-bond donors (Lipinski definition) is 0. The molecule has 0 aliphatic carbocycles. The molecule has 1 aromatic carbocycles. The van der Waals surface area contributed by atoms with Crippen molar-refractivity contribution in [3.05, 3.63) is 39.1 Å². The van der Waals surface area contributed by atoms with Crippen LogP contribution in [0.5, 0.6) is 0 Å². The van der Waals surface area contributed by atoms with Gasteiger partial charge >= 0.3 is 0 Å². The van der Waals surface area contributed by atoms with Crippen LogP contribution in [0.3, 0.4) is 0 Å². The average Bonchev–Trinajstić information content (AvgIpc) is 2.36. The van der Waals surface area contributed by atoms with Gasteiger partial charge in [0.2, 0.25) is 13.5 Å². The Morgan fingerprint density at radius 1 is 1.39 bits per heavy atom. The van der Waals surface area contributed by atoms with Gasteiger partial charge in [-0.05, 0) is 18.2 Å². The lowest BCUT2D eigenvalue weighted by Gasteiger charge is -2.15. The van der Waals surface area contributed by atoms with E-state index in [-0.39, 0.29) is 10.6 Å². The van der Waals surface area contributed by atoms with Crippen molar-refractivity contribution in [2.45, 2.75) is 0 Å². The van der Waals surface area contributed by atoms with Crippen molar-refractivity contribution >= 4 is 42.5 Å². The molecule has 1 aromatic heterocycles. The summed E-state index contributed by atoms with van der Waals surface area (Å²) in [7, 11) is 9.45. The molecule has 0 spiro atoms. The minimum Gasteiger partial charge on any atom is -0.378 e. The molecule has 0 saturated heterocycles. The monoisotopic (exact) mass is 260 g/mol. The van der Waals surface area contributed by atoms with E-state index in [1.807, 2.05) is 25.1 Å². The number of fused-ring (bicyclic) bond motifs is 1. The predicted molar refractivity (Wildman–Crippen MR) is 74.1 cm³/mol. The standard InChI is InChI=1S/C12H10BClN2O2/c1-15(2)7-3-4-8-10(5-7)16(13)12(18)9(6-17)11(8)14/h3-6H,1-2H3. The summed E-state index contributed by atoms with van der Waals surface area (Å²) in [5.41, 5.74) is 0.653. The number of benzene rings is 1. The van der Waals surface area contributed by atoms with Crippen molar-refractivity contribution < 1.29 is 4.79 Å². The van der Waals surface area contributed by atoms with Crippen LogP contribution in [-0.4, -0.2) is 32.8 Å². The molecule has 0 aliphatic rings. The van der Waals surface area contributed by atoms with Crippen LogP contribution in [-0.2, 0) is 0 Å². The third-order valence-corrected chi connectivity index (χ3v) is 3.20. The number of hydrogen-bond acceptors (Lipinski definition) is 3. The Bertz CT molecular complexity index is 695. The van der Waals surface area contributed by atoms with E-state index in [9.17, 15) is 9.59 Å². The van der Waals surface area contributed by atoms with Gasteiger partial charge in [0.15, 0.2) is 6.29 Å². The molecule has 18 heavy (non-hydrogen) atoms. The molecule has 0 N–H and O–H groups in total. The number of nitrogens with zero attached hydrogens (tertiary/aromatic N) is 2. The summed E-state index contributed by atoms with van der Waals surface area (Å²) in [6, 6.07) is 5.33. The zero-order valence-corrected chi connectivity index (χ0v) is 10.7. The average molecular weight is 260 g/mol. The molecule has 2 rings (SSSR count). The highest BCUT2D eigenvalue weighted by molar-refractivity contribution is 6.38. The van der Waals surface area contributed by atoms with E-state index in [1.54, 1.807) is 12.1 Å². The normalized spacial score (nSPS) is 10.6. The number of carbonyl (C=O) groups excluding carboxylic acids is 1. The molecule has 90 valence electrons. The summed E-state index contributed by atoms with van der Waals surface area (Å²) in [6.07, 6.45) is 0.424. The zero-order valence-electron chi connectivity index (χ0n) is 9.98.